The van der Waals surface area contributed by atoms with E-state index < -0.39 is 5.63 Å². The van der Waals surface area contributed by atoms with Crippen molar-refractivity contribution in [1.82, 2.24) is 0 Å². The topological polar surface area (TPSA) is 33.5 Å². The van der Waals surface area contributed by atoms with Gasteiger partial charge in [0.25, 0.3) is 0 Å². The number of hydrogen-bond donors (Lipinski definition) is 0. The van der Waals surface area contributed by atoms with Gasteiger partial charge in [0.1, 0.15) is 5.58 Å². The first-order valence-electron chi connectivity index (χ1n) is 5.87. The molecule has 0 amide bonds. The van der Waals surface area contributed by atoms with Gasteiger partial charge in [0, 0.05) is 30.2 Å². The molecular weight excluding hydrogens is 214 g/mol. The van der Waals surface area contributed by atoms with Gasteiger partial charge in [0.2, 0.25) is 0 Å². The summed E-state index contributed by atoms with van der Waals surface area (Å²) in [6.45, 7) is 7.95. The van der Waals surface area contributed by atoms with Crippen molar-refractivity contribution in [3.8, 4) is 0 Å². The van der Waals surface area contributed by atoms with Gasteiger partial charge in [0.15, 0.2) is 0 Å². The summed E-state index contributed by atoms with van der Waals surface area (Å²) in [5.41, 5.74) is 2.14. The van der Waals surface area contributed by atoms with Crippen LogP contribution in [0.15, 0.2) is 27.4 Å². The molecule has 0 atom stereocenters. The quantitative estimate of drug-likeness (QED) is 0.760. The SMILES string of the molecule is CCN(CC)c1ccc2c(C)[c]c(=O)oc2c1. The van der Waals surface area contributed by atoms with E-state index in [1.807, 2.05) is 19.1 Å². The second-order valence-electron chi connectivity index (χ2n) is 3.99. The van der Waals surface area contributed by atoms with E-state index in [1.54, 1.807) is 0 Å². The van der Waals surface area contributed by atoms with Crippen molar-refractivity contribution in [3.63, 3.8) is 0 Å². The van der Waals surface area contributed by atoms with Gasteiger partial charge in [0.05, 0.1) is 6.07 Å². The molecule has 1 radical (unpaired) electrons. The maximum Gasteiger partial charge on any atom is 0.344 e. The maximum atomic E-state index is 11.3. The third-order valence-electron chi connectivity index (χ3n) is 2.99. The smallest absolute Gasteiger partial charge is 0.344 e. The first-order chi connectivity index (χ1) is 8.15. The Hall–Kier alpha value is -1.77. The average Bonchev–Trinajstić information content (AvgIpc) is 2.30. The molecule has 2 rings (SSSR count). The zero-order chi connectivity index (χ0) is 12.4. The summed E-state index contributed by atoms with van der Waals surface area (Å²) in [5, 5.41) is 0.945. The fourth-order valence-corrected chi connectivity index (χ4v) is 2.04. The van der Waals surface area contributed by atoms with Crippen LogP contribution in [-0.4, -0.2) is 13.1 Å². The van der Waals surface area contributed by atoms with Gasteiger partial charge in [-0.15, -0.1) is 0 Å². The molecule has 0 aliphatic carbocycles. The number of aryl methyl sites for hydroxylation is 1. The van der Waals surface area contributed by atoms with E-state index in [-0.39, 0.29) is 0 Å². The molecule has 0 bridgehead atoms. The molecule has 2 aromatic rings. The molecule has 0 unspecified atom stereocenters. The molecule has 0 fully saturated rings. The van der Waals surface area contributed by atoms with E-state index in [9.17, 15) is 4.79 Å². The van der Waals surface area contributed by atoms with E-state index in [2.05, 4.69) is 30.9 Å². The Morgan fingerprint density at radius 1 is 1.29 bits per heavy atom. The number of nitrogens with zero attached hydrogens (tertiary/aromatic N) is 1. The minimum Gasteiger partial charge on any atom is -0.422 e. The normalized spacial score (nSPS) is 10.8. The van der Waals surface area contributed by atoms with Crippen molar-refractivity contribution in [3.05, 3.63) is 40.2 Å². The molecule has 0 aliphatic rings. The zero-order valence-electron chi connectivity index (χ0n) is 10.4. The Labute approximate surface area is 101 Å². The van der Waals surface area contributed by atoms with Crippen LogP contribution in [0, 0.1) is 13.0 Å². The molecule has 0 N–H and O–H groups in total. The highest BCUT2D eigenvalue weighted by Crippen LogP contribution is 2.22. The minimum atomic E-state index is -0.410. The highest BCUT2D eigenvalue weighted by Gasteiger charge is 2.06. The molecular formula is C14H16NO2. The number of benzene rings is 1. The van der Waals surface area contributed by atoms with Gasteiger partial charge >= 0.3 is 5.63 Å². The van der Waals surface area contributed by atoms with Crippen LogP contribution in [-0.2, 0) is 0 Å². The lowest BCUT2D eigenvalue weighted by molar-refractivity contribution is 0.558. The van der Waals surface area contributed by atoms with Crippen LogP contribution in [0.1, 0.15) is 19.4 Å². The molecule has 0 saturated heterocycles. The lowest BCUT2D eigenvalue weighted by atomic mass is 10.1. The van der Waals surface area contributed by atoms with Crippen molar-refractivity contribution < 1.29 is 4.42 Å². The lowest BCUT2D eigenvalue weighted by Crippen LogP contribution is -2.21. The summed E-state index contributed by atoms with van der Waals surface area (Å²) >= 11 is 0. The number of anilines is 1. The Bertz CT molecular complexity index is 582. The fourth-order valence-electron chi connectivity index (χ4n) is 2.04. The molecule has 89 valence electrons. The number of fused-ring (bicyclic) bond motifs is 1. The molecule has 0 saturated carbocycles. The van der Waals surface area contributed by atoms with Gasteiger partial charge in [-0.3, -0.25) is 0 Å². The van der Waals surface area contributed by atoms with Crippen LogP contribution < -0.4 is 10.5 Å². The van der Waals surface area contributed by atoms with Crippen LogP contribution in [0.5, 0.6) is 0 Å². The van der Waals surface area contributed by atoms with Crippen molar-refractivity contribution in [2.45, 2.75) is 20.8 Å². The fraction of sp³-hybridized carbons (Fsp3) is 0.357. The van der Waals surface area contributed by atoms with E-state index in [0.717, 1.165) is 29.7 Å². The van der Waals surface area contributed by atoms with Crippen molar-refractivity contribution in [2.75, 3.05) is 18.0 Å². The van der Waals surface area contributed by atoms with Crippen molar-refractivity contribution in [2.24, 2.45) is 0 Å². The predicted molar refractivity (Wildman–Crippen MR) is 69.6 cm³/mol. The summed E-state index contributed by atoms with van der Waals surface area (Å²) in [4.78, 5) is 13.5. The van der Waals surface area contributed by atoms with Gasteiger partial charge < -0.3 is 9.32 Å². The number of hydrogen-bond acceptors (Lipinski definition) is 3. The third-order valence-corrected chi connectivity index (χ3v) is 2.99. The first-order valence-corrected chi connectivity index (χ1v) is 5.87. The van der Waals surface area contributed by atoms with Crippen molar-refractivity contribution >= 4 is 16.7 Å². The second kappa shape index (κ2) is 4.62. The van der Waals surface area contributed by atoms with Crippen LogP contribution in [0.2, 0.25) is 0 Å². The predicted octanol–water partition coefficient (Wildman–Crippen LogP) is 2.75. The second-order valence-corrected chi connectivity index (χ2v) is 3.99. The first kappa shape index (κ1) is 11.7. The third kappa shape index (κ3) is 2.18. The summed E-state index contributed by atoms with van der Waals surface area (Å²) in [6.07, 6.45) is 0. The van der Waals surface area contributed by atoms with Gasteiger partial charge in [-0.1, -0.05) is 0 Å². The van der Waals surface area contributed by atoms with E-state index in [1.165, 1.54) is 0 Å². The largest absolute Gasteiger partial charge is 0.422 e. The molecule has 0 aliphatic heterocycles. The minimum absolute atomic E-state index is 0.410. The van der Waals surface area contributed by atoms with E-state index in [0.29, 0.717) is 5.58 Å². The summed E-state index contributed by atoms with van der Waals surface area (Å²) in [7, 11) is 0. The Kier molecular flexibility index (Phi) is 3.18. The Morgan fingerprint density at radius 3 is 2.65 bits per heavy atom. The maximum absolute atomic E-state index is 11.3. The van der Waals surface area contributed by atoms with Crippen LogP contribution in [0.25, 0.3) is 11.0 Å². The molecule has 17 heavy (non-hydrogen) atoms. The molecule has 1 aromatic carbocycles. The standard InChI is InChI=1S/C14H16NO2/c1-4-15(5-2)11-6-7-12-10(3)8-14(16)17-13(12)9-11/h6-7,9H,4-5H2,1-3H3. The van der Waals surface area contributed by atoms with E-state index >= 15 is 0 Å². The summed E-state index contributed by atoms with van der Waals surface area (Å²) in [5.74, 6) is 0. The van der Waals surface area contributed by atoms with Crippen LogP contribution in [0.3, 0.4) is 0 Å². The Balaban J connectivity index is 2.61. The van der Waals surface area contributed by atoms with Crippen molar-refractivity contribution in [1.29, 1.82) is 0 Å². The number of rotatable bonds is 3. The molecule has 0 spiro atoms. The van der Waals surface area contributed by atoms with Gasteiger partial charge in [-0.25, -0.2) is 4.79 Å². The van der Waals surface area contributed by atoms with E-state index in [4.69, 9.17) is 4.42 Å². The lowest BCUT2D eigenvalue weighted by Gasteiger charge is -2.21. The summed E-state index contributed by atoms with van der Waals surface area (Å²) < 4.78 is 5.18. The molecule has 3 nitrogen and oxygen atoms in total. The van der Waals surface area contributed by atoms with Gasteiger partial charge in [-0.2, -0.15) is 0 Å². The monoisotopic (exact) mass is 230 g/mol. The van der Waals surface area contributed by atoms with Gasteiger partial charge in [-0.05, 0) is 38.5 Å². The van der Waals surface area contributed by atoms with Crippen LogP contribution >= 0.6 is 0 Å². The molecule has 3 heteroatoms. The highest BCUT2D eigenvalue weighted by molar-refractivity contribution is 5.83. The average molecular weight is 230 g/mol. The zero-order valence-corrected chi connectivity index (χ0v) is 10.4. The highest BCUT2D eigenvalue weighted by atomic mass is 16.4. The molecule has 1 heterocycles. The Morgan fingerprint density at radius 2 is 2.00 bits per heavy atom. The summed E-state index contributed by atoms with van der Waals surface area (Å²) in [6, 6.07) is 8.61. The molecule has 1 aromatic heterocycles. The van der Waals surface area contributed by atoms with Crippen LogP contribution in [0.4, 0.5) is 5.69 Å².